The summed E-state index contributed by atoms with van der Waals surface area (Å²) in [6.07, 6.45) is 1.76. The maximum absolute atomic E-state index is 13.7. The largest absolute Gasteiger partial charge is 0.375 e. The number of aromatic nitrogens is 2. The van der Waals surface area contributed by atoms with Crippen LogP contribution in [-0.4, -0.2) is 34.3 Å². The van der Waals surface area contributed by atoms with E-state index in [9.17, 15) is 9.18 Å². The van der Waals surface area contributed by atoms with E-state index in [2.05, 4.69) is 26.3 Å². The van der Waals surface area contributed by atoms with Crippen LogP contribution in [0.1, 0.15) is 34.7 Å². The van der Waals surface area contributed by atoms with Gasteiger partial charge < -0.3 is 24.8 Å². The van der Waals surface area contributed by atoms with Crippen molar-refractivity contribution in [1.82, 2.24) is 14.9 Å². The molecule has 5 rings (SSSR count). The molecule has 4 aromatic rings. The average molecular weight is 564 g/mol. The van der Waals surface area contributed by atoms with Crippen LogP contribution in [0, 0.1) is 19.7 Å². The normalized spacial score (nSPS) is 16.8. The first-order chi connectivity index (χ1) is 18.8. The van der Waals surface area contributed by atoms with Gasteiger partial charge in [-0.2, -0.15) is 0 Å². The summed E-state index contributed by atoms with van der Waals surface area (Å²) < 4.78 is 20.7. The van der Waals surface area contributed by atoms with Crippen molar-refractivity contribution in [3.63, 3.8) is 0 Å². The zero-order chi connectivity index (χ0) is 27.7. The number of aryl methyl sites for hydroxylation is 1. The third kappa shape index (κ3) is 5.25. The Hall–Kier alpha value is -3.79. The summed E-state index contributed by atoms with van der Waals surface area (Å²) in [5, 5.41) is 7.11. The second-order valence-corrected chi connectivity index (χ2v) is 10.1. The van der Waals surface area contributed by atoms with Gasteiger partial charge in [-0.05, 0) is 92.3 Å². The van der Waals surface area contributed by atoms with Crippen molar-refractivity contribution in [1.29, 1.82) is 0 Å². The summed E-state index contributed by atoms with van der Waals surface area (Å²) in [5.41, 5.74) is 5.98. The molecular weight excluding hydrogens is 537 g/mol. The minimum atomic E-state index is -0.299. The number of methoxy groups -OCH3 is 1. The lowest BCUT2D eigenvalue weighted by atomic mass is 9.96. The molecule has 0 radical (unpaired) electrons. The maximum Gasteiger partial charge on any atom is 0.250 e. The molecule has 2 atom stereocenters. The zero-order valence-corrected chi connectivity index (χ0v) is 23.2. The van der Waals surface area contributed by atoms with Crippen LogP contribution < -0.4 is 15.5 Å². The van der Waals surface area contributed by atoms with Crippen molar-refractivity contribution in [2.75, 3.05) is 23.9 Å². The molecule has 2 aromatic heterocycles. The summed E-state index contributed by atoms with van der Waals surface area (Å²) in [4.78, 5) is 18.7. The molecular formula is C29H27ClFN5O2S. The lowest BCUT2D eigenvalue weighted by Crippen LogP contribution is -2.29. The third-order valence-corrected chi connectivity index (χ3v) is 7.38. The molecule has 1 aliphatic heterocycles. The molecule has 1 saturated heterocycles. The monoisotopic (exact) mass is 563 g/mol. The first-order valence-corrected chi connectivity index (χ1v) is 13.1. The van der Waals surface area contributed by atoms with Gasteiger partial charge in [-0.1, -0.05) is 17.7 Å². The van der Waals surface area contributed by atoms with E-state index >= 15 is 0 Å². The molecule has 10 heteroatoms. The number of benzene rings is 2. The summed E-state index contributed by atoms with van der Waals surface area (Å²) in [6.45, 7) is 3.99. The van der Waals surface area contributed by atoms with Gasteiger partial charge in [-0.15, -0.1) is 0 Å². The highest BCUT2D eigenvalue weighted by Gasteiger charge is 2.42. The second kappa shape index (κ2) is 11.1. The number of nitrogens with one attached hydrogen (secondary N) is 2. The number of hydrogen-bond acceptors (Lipinski definition) is 4. The van der Waals surface area contributed by atoms with E-state index in [4.69, 9.17) is 28.6 Å². The molecule has 2 aromatic carbocycles. The highest BCUT2D eigenvalue weighted by molar-refractivity contribution is 7.80. The molecule has 0 bridgehead atoms. The van der Waals surface area contributed by atoms with Gasteiger partial charge in [0, 0.05) is 36.1 Å². The van der Waals surface area contributed by atoms with Crippen molar-refractivity contribution < 1.29 is 13.9 Å². The van der Waals surface area contributed by atoms with Crippen molar-refractivity contribution in [3.05, 3.63) is 106 Å². The Kier molecular flexibility index (Phi) is 7.65. The number of ether oxygens (including phenoxy) is 1. The van der Waals surface area contributed by atoms with Gasteiger partial charge in [-0.3, -0.25) is 9.78 Å². The highest BCUT2D eigenvalue weighted by Crippen LogP contribution is 2.44. The van der Waals surface area contributed by atoms with Crippen molar-refractivity contribution in [2.45, 2.75) is 25.9 Å². The molecule has 0 unspecified atom stereocenters. The second-order valence-electron chi connectivity index (χ2n) is 9.28. The van der Waals surface area contributed by atoms with Crippen LogP contribution in [0.15, 0.2) is 72.9 Å². The van der Waals surface area contributed by atoms with E-state index < -0.39 is 0 Å². The Balaban J connectivity index is 1.60. The molecule has 1 amide bonds. The summed E-state index contributed by atoms with van der Waals surface area (Å²) in [7, 11) is 1.46. The SMILES string of the molecule is COCC(=O)Nc1ccc(N2C(=S)N[C@H](c3ccccn3)[C@@H]2c2cc(C)n(-c3ccc(F)cc3)c2C)cc1Cl. The molecule has 0 saturated carbocycles. The lowest BCUT2D eigenvalue weighted by molar-refractivity contribution is -0.119. The van der Waals surface area contributed by atoms with E-state index in [0.717, 1.165) is 34.0 Å². The van der Waals surface area contributed by atoms with E-state index in [1.807, 2.05) is 43.0 Å². The van der Waals surface area contributed by atoms with E-state index in [0.29, 0.717) is 15.8 Å². The maximum atomic E-state index is 13.7. The average Bonchev–Trinajstić information content (AvgIpc) is 3.41. The van der Waals surface area contributed by atoms with E-state index in [-0.39, 0.29) is 30.4 Å². The molecule has 0 aliphatic carbocycles. The van der Waals surface area contributed by atoms with Crippen LogP contribution in [0.3, 0.4) is 0 Å². The minimum Gasteiger partial charge on any atom is -0.375 e. The van der Waals surface area contributed by atoms with Crippen LogP contribution in [0.5, 0.6) is 0 Å². The van der Waals surface area contributed by atoms with Gasteiger partial charge in [0.2, 0.25) is 5.91 Å². The first kappa shape index (κ1) is 26.8. The molecule has 1 fully saturated rings. The molecule has 2 N–H and O–H groups in total. The Labute approximate surface area is 236 Å². The van der Waals surface area contributed by atoms with Gasteiger partial charge in [0.1, 0.15) is 12.4 Å². The summed E-state index contributed by atoms with van der Waals surface area (Å²) >= 11 is 12.5. The minimum absolute atomic E-state index is 0.0737. The number of thiocarbonyl (C=S) groups is 1. The molecule has 3 heterocycles. The summed E-state index contributed by atoms with van der Waals surface area (Å²) in [6, 6.07) is 19.3. The quantitative estimate of drug-likeness (QED) is 0.267. The predicted molar refractivity (Wildman–Crippen MR) is 155 cm³/mol. The molecule has 0 spiro atoms. The van der Waals surface area contributed by atoms with Gasteiger partial charge in [0.25, 0.3) is 0 Å². The summed E-state index contributed by atoms with van der Waals surface area (Å²) in [5.74, 6) is -0.585. The first-order valence-electron chi connectivity index (χ1n) is 12.3. The number of hydrogen-bond donors (Lipinski definition) is 2. The lowest BCUT2D eigenvalue weighted by Gasteiger charge is -2.28. The van der Waals surface area contributed by atoms with Crippen LogP contribution in [-0.2, 0) is 9.53 Å². The van der Waals surface area contributed by atoms with Crippen molar-refractivity contribution in [2.24, 2.45) is 0 Å². The molecule has 200 valence electrons. The number of rotatable bonds is 7. The fourth-order valence-corrected chi connectivity index (χ4v) is 5.66. The number of carbonyl (C=O) groups is 1. The van der Waals surface area contributed by atoms with E-state index in [1.54, 1.807) is 30.5 Å². The number of amides is 1. The van der Waals surface area contributed by atoms with Crippen LogP contribution in [0.2, 0.25) is 5.02 Å². The number of nitrogens with zero attached hydrogens (tertiary/aromatic N) is 3. The molecule has 1 aliphatic rings. The Morgan fingerprint density at radius 3 is 2.54 bits per heavy atom. The van der Waals surface area contributed by atoms with Gasteiger partial charge in [0.05, 0.1) is 28.5 Å². The molecule has 39 heavy (non-hydrogen) atoms. The predicted octanol–water partition coefficient (Wildman–Crippen LogP) is 6.04. The topological polar surface area (TPSA) is 71.4 Å². The van der Waals surface area contributed by atoms with Gasteiger partial charge in [0.15, 0.2) is 5.11 Å². The standard InChI is InChI=1S/C29H27ClFN5O2S/c1-17-14-22(18(2)35(17)20-9-7-19(31)8-10-20)28-27(25-6-4-5-13-32-25)34-29(39)36(28)21-11-12-24(23(30)15-21)33-26(37)16-38-3/h4-15,27-28H,16H2,1-3H3,(H,33,37)(H,34,39)/t27-,28+/m1/s1. The smallest absolute Gasteiger partial charge is 0.250 e. The third-order valence-electron chi connectivity index (χ3n) is 6.75. The number of pyridine rings is 1. The van der Waals surface area contributed by atoms with Gasteiger partial charge >= 0.3 is 0 Å². The Morgan fingerprint density at radius 1 is 1.13 bits per heavy atom. The fourth-order valence-electron chi connectivity index (χ4n) is 5.10. The number of halogens is 2. The van der Waals surface area contributed by atoms with Crippen LogP contribution in [0.25, 0.3) is 5.69 Å². The zero-order valence-electron chi connectivity index (χ0n) is 21.6. The molecule has 7 nitrogen and oxygen atoms in total. The Morgan fingerprint density at radius 2 is 1.87 bits per heavy atom. The van der Waals surface area contributed by atoms with Gasteiger partial charge in [-0.25, -0.2) is 4.39 Å². The van der Waals surface area contributed by atoms with Crippen molar-refractivity contribution >= 4 is 46.2 Å². The number of carbonyl (C=O) groups excluding carboxylic acids is 1. The fraction of sp³-hybridized carbons (Fsp3) is 0.207. The van der Waals surface area contributed by atoms with Crippen molar-refractivity contribution in [3.8, 4) is 5.69 Å². The Bertz CT molecular complexity index is 1530. The number of anilines is 2. The highest BCUT2D eigenvalue weighted by atomic mass is 35.5. The van der Waals surface area contributed by atoms with E-state index in [1.165, 1.54) is 19.2 Å². The van der Waals surface area contributed by atoms with Crippen LogP contribution in [0.4, 0.5) is 15.8 Å². The van der Waals surface area contributed by atoms with Crippen LogP contribution >= 0.6 is 23.8 Å².